The molecule has 2 aliphatic rings. The lowest BCUT2D eigenvalue weighted by molar-refractivity contribution is -0.119. The molecule has 0 spiro atoms. The lowest BCUT2D eigenvalue weighted by Gasteiger charge is -2.24. The van der Waals surface area contributed by atoms with E-state index >= 15 is 0 Å². The number of aryl methyl sites for hydroxylation is 1. The lowest BCUT2D eigenvalue weighted by Crippen LogP contribution is -2.43. The second-order valence-electron chi connectivity index (χ2n) is 6.93. The molecule has 1 saturated heterocycles. The van der Waals surface area contributed by atoms with Gasteiger partial charge in [-0.15, -0.1) is 0 Å². The van der Waals surface area contributed by atoms with Crippen LogP contribution in [0.4, 0.5) is 5.69 Å². The van der Waals surface area contributed by atoms with E-state index in [2.05, 4.69) is 5.32 Å². The third-order valence-corrected chi connectivity index (χ3v) is 6.85. The monoisotopic (exact) mass is 402 g/mol. The molecule has 1 atom stereocenters. The van der Waals surface area contributed by atoms with Crippen molar-refractivity contribution in [3.63, 3.8) is 0 Å². The maximum atomic E-state index is 13.2. The molecular formula is C20H22N2O5S. The number of rotatable bonds is 4. The van der Waals surface area contributed by atoms with Gasteiger partial charge in [-0.1, -0.05) is 17.7 Å². The third kappa shape index (κ3) is 3.57. The molecule has 2 aromatic carbocycles. The predicted molar refractivity (Wildman–Crippen MR) is 104 cm³/mol. The fraction of sp³-hybridized carbons (Fsp3) is 0.350. The van der Waals surface area contributed by atoms with Crippen LogP contribution in [0.15, 0.2) is 47.4 Å². The zero-order chi connectivity index (χ0) is 19.7. The summed E-state index contributed by atoms with van der Waals surface area (Å²) in [5.41, 5.74) is 1.74. The molecule has 0 aliphatic carbocycles. The molecule has 1 amide bonds. The normalized spacial score (nSPS) is 19.4. The highest BCUT2D eigenvalue weighted by molar-refractivity contribution is 7.89. The summed E-state index contributed by atoms with van der Waals surface area (Å²) in [6.07, 6.45) is 1.12. The van der Waals surface area contributed by atoms with E-state index in [4.69, 9.17) is 9.47 Å². The number of nitrogens with zero attached hydrogens (tertiary/aromatic N) is 1. The van der Waals surface area contributed by atoms with E-state index in [9.17, 15) is 13.2 Å². The van der Waals surface area contributed by atoms with Crippen molar-refractivity contribution < 1.29 is 22.7 Å². The topological polar surface area (TPSA) is 84.9 Å². The Morgan fingerprint density at radius 1 is 1.07 bits per heavy atom. The predicted octanol–water partition coefficient (Wildman–Crippen LogP) is 2.56. The van der Waals surface area contributed by atoms with E-state index < -0.39 is 16.1 Å². The molecule has 2 aromatic rings. The molecule has 4 rings (SSSR count). The second kappa shape index (κ2) is 7.44. The highest BCUT2D eigenvalue weighted by Crippen LogP contribution is 2.35. The van der Waals surface area contributed by atoms with E-state index in [1.54, 1.807) is 6.07 Å². The standard InChI is InChI=1S/C20H22N2O5S/c1-14-4-6-15(7-5-14)21-20(23)17-3-2-10-22(17)28(24,25)16-8-9-18-19(13-16)27-12-11-26-18/h4-9,13,17H,2-3,10-12H2,1H3,(H,21,23). The van der Waals surface area contributed by atoms with Gasteiger partial charge in [0, 0.05) is 18.3 Å². The smallest absolute Gasteiger partial charge is 0.243 e. The maximum Gasteiger partial charge on any atom is 0.243 e. The van der Waals surface area contributed by atoms with Crippen molar-refractivity contribution in [2.75, 3.05) is 25.1 Å². The van der Waals surface area contributed by atoms with Gasteiger partial charge in [0.1, 0.15) is 19.3 Å². The van der Waals surface area contributed by atoms with Crippen molar-refractivity contribution in [3.8, 4) is 11.5 Å². The number of anilines is 1. The average Bonchev–Trinajstić information content (AvgIpc) is 3.20. The van der Waals surface area contributed by atoms with Crippen LogP contribution in [-0.4, -0.2) is 44.4 Å². The molecule has 1 unspecified atom stereocenters. The van der Waals surface area contributed by atoms with Crippen LogP contribution in [0, 0.1) is 6.92 Å². The van der Waals surface area contributed by atoms with Crippen molar-refractivity contribution >= 4 is 21.6 Å². The van der Waals surface area contributed by atoms with Crippen LogP contribution in [0.2, 0.25) is 0 Å². The molecule has 2 aliphatic heterocycles. The minimum Gasteiger partial charge on any atom is -0.486 e. The Morgan fingerprint density at radius 3 is 2.54 bits per heavy atom. The van der Waals surface area contributed by atoms with Gasteiger partial charge in [0.2, 0.25) is 15.9 Å². The van der Waals surface area contributed by atoms with Crippen LogP contribution < -0.4 is 14.8 Å². The third-order valence-electron chi connectivity index (χ3n) is 4.95. The van der Waals surface area contributed by atoms with Gasteiger partial charge in [-0.25, -0.2) is 8.42 Å². The molecule has 1 fully saturated rings. The van der Waals surface area contributed by atoms with E-state index in [0.717, 1.165) is 5.56 Å². The Bertz CT molecular complexity index is 988. The summed E-state index contributed by atoms with van der Waals surface area (Å²) >= 11 is 0. The van der Waals surface area contributed by atoms with Gasteiger partial charge in [-0.05, 0) is 44.0 Å². The highest BCUT2D eigenvalue weighted by Gasteiger charge is 2.39. The van der Waals surface area contributed by atoms with Crippen LogP contribution >= 0.6 is 0 Å². The van der Waals surface area contributed by atoms with Crippen molar-refractivity contribution in [2.24, 2.45) is 0 Å². The number of fused-ring (bicyclic) bond motifs is 1. The summed E-state index contributed by atoms with van der Waals surface area (Å²) in [6.45, 7) is 3.08. The molecule has 0 bridgehead atoms. The summed E-state index contributed by atoms with van der Waals surface area (Å²) in [5, 5.41) is 2.82. The first-order valence-electron chi connectivity index (χ1n) is 9.24. The van der Waals surface area contributed by atoms with Crippen molar-refractivity contribution in [2.45, 2.75) is 30.7 Å². The minimum atomic E-state index is -3.83. The van der Waals surface area contributed by atoms with Gasteiger partial charge >= 0.3 is 0 Å². The maximum absolute atomic E-state index is 13.2. The van der Waals surface area contributed by atoms with Crippen molar-refractivity contribution in [1.29, 1.82) is 0 Å². The number of hydrogen-bond donors (Lipinski definition) is 1. The first-order valence-corrected chi connectivity index (χ1v) is 10.7. The zero-order valence-electron chi connectivity index (χ0n) is 15.6. The largest absolute Gasteiger partial charge is 0.486 e. The van der Waals surface area contributed by atoms with Crippen LogP contribution in [0.3, 0.4) is 0 Å². The Balaban J connectivity index is 1.56. The molecule has 148 valence electrons. The molecule has 7 nitrogen and oxygen atoms in total. The van der Waals surface area contributed by atoms with E-state index in [0.29, 0.717) is 49.8 Å². The molecule has 28 heavy (non-hydrogen) atoms. The molecular weight excluding hydrogens is 380 g/mol. The van der Waals surface area contributed by atoms with Crippen LogP contribution in [0.25, 0.3) is 0 Å². The number of nitrogens with one attached hydrogen (secondary N) is 1. The van der Waals surface area contributed by atoms with Crippen LogP contribution in [0.1, 0.15) is 18.4 Å². The molecule has 0 radical (unpaired) electrons. The quantitative estimate of drug-likeness (QED) is 0.850. The van der Waals surface area contributed by atoms with Gasteiger partial charge in [0.15, 0.2) is 11.5 Å². The highest BCUT2D eigenvalue weighted by atomic mass is 32.2. The van der Waals surface area contributed by atoms with Gasteiger partial charge in [-0.3, -0.25) is 4.79 Å². The first kappa shape index (κ1) is 18.8. The van der Waals surface area contributed by atoms with Gasteiger partial charge in [0.05, 0.1) is 4.90 Å². The fourth-order valence-corrected chi connectivity index (χ4v) is 5.14. The molecule has 8 heteroatoms. The van der Waals surface area contributed by atoms with Gasteiger partial charge in [0.25, 0.3) is 0 Å². The molecule has 0 aromatic heterocycles. The summed E-state index contributed by atoms with van der Waals surface area (Å²) < 4.78 is 38.6. The summed E-state index contributed by atoms with van der Waals surface area (Å²) in [4.78, 5) is 12.9. The summed E-state index contributed by atoms with van der Waals surface area (Å²) in [5.74, 6) is 0.620. The molecule has 0 saturated carbocycles. The number of sulfonamides is 1. The van der Waals surface area contributed by atoms with Crippen molar-refractivity contribution in [3.05, 3.63) is 48.0 Å². The zero-order valence-corrected chi connectivity index (χ0v) is 16.4. The molecule has 2 heterocycles. The van der Waals surface area contributed by atoms with E-state index in [1.165, 1.54) is 16.4 Å². The number of amides is 1. The number of ether oxygens (including phenoxy) is 2. The van der Waals surface area contributed by atoms with Crippen molar-refractivity contribution in [1.82, 2.24) is 4.31 Å². The fourth-order valence-electron chi connectivity index (χ4n) is 3.47. The molecule has 1 N–H and O–H groups in total. The number of hydrogen-bond acceptors (Lipinski definition) is 5. The van der Waals surface area contributed by atoms with E-state index in [1.807, 2.05) is 31.2 Å². The number of benzene rings is 2. The first-order chi connectivity index (χ1) is 13.4. The van der Waals surface area contributed by atoms with Gasteiger partial charge < -0.3 is 14.8 Å². The Kier molecular flexibility index (Phi) is 4.99. The lowest BCUT2D eigenvalue weighted by atomic mass is 10.2. The Labute approximate surface area is 164 Å². The van der Waals surface area contributed by atoms with Crippen LogP contribution in [-0.2, 0) is 14.8 Å². The Hall–Kier alpha value is -2.58. The Morgan fingerprint density at radius 2 is 1.79 bits per heavy atom. The average molecular weight is 402 g/mol. The SMILES string of the molecule is Cc1ccc(NC(=O)C2CCCN2S(=O)(=O)c2ccc3c(c2)OCCO3)cc1. The summed E-state index contributed by atoms with van der Waals surface area (Å²) in [6, 6.07) is 11.2. The van der Waals surface area contributed by atoms with Crippen LogP contribution in [0.5, 0.6) is 11.5 Å². The van der Waals surface area contributed by atoms with E-state index in [-0.39, 0.29) is 10.8 Å². The summed E-state index contributed by atoms with van der Waals surface area (Å²) in [7, 11) is -3.83. The number of carbonyl (C=O) groups excluding carboxylic acids is 1. The minimum absolute atomic E-state index is 0.104. The van der Waals surface area contributed by atoms with Gasteiger partial charge in [-0.2, -0.15) is 4.31 Å². The second-order valence-corrected chi connectivity index (χ2v) is 8.83. The number of carbonyl (C=O) groups is 1.